The second-order valence-corrected chi connectivity index (χ2v) is 6.82. The summed E-state index contributed by atoms with van der Waals surface area (Å²) >= 11 is 6.44. The molecule has 116 valence electrons. The number of hydrogen-bond donors (Lipinski definition) is 1. The Kier molecular flexibility index (Phi) is 4.60. The first kappa shape index (κ1) is 15.0. The number of fused-ring (bicyclic) bond motifs is 1. The average Bonchev–Trinajstić information content (AvgIpc) is 2.71. The molecule has 0 radical (unpaired) electrons. The van der Waals surface area contributed by atoms with Gasteiger partial charge in [0.25, 0.3) is 0 Å². The molecule has 1 heterocycles. The number of halogens is 1. The van der Waals surface area contributed by atoms with E-state index in [0.29, 0.717) is 24.2 Å². The Labute approximate surface area is 131 Å². The molecule has 21 heavy (non-hydrogen) atoms. The lowest BCUT2D eigenvalue weighted by atomic mass is 9.77. The largest absolute Gasteiger partial charge is 0.490 e. The zero-order chi connectivity index (χ0) is 14.8. The highest BCUT2D eigenvalue weighted by atomic mass is 35.5. The van der Waals surface area contributed by atoms with Crippen molar-refractivity contribution in [2.75, 3.05) is 13.2 Å². The van der Waals surface area contributed by atoms with Crippen LogP contribution in [0.2, 0.25) is 5.02 Å². The van der Waals surface area contributed by atoms with Crippen molar-refractivity contribution >= 4 is 11.6 Å². The lowest BCUT2D eigenvalue weighted by molar-refractivity contribution is 0.255. The minimum atomic E-state index is -0.0119. The Bertz CT molecular complexity index is 498. The lowest BCUT2D eigenvalue weighted by Crippen LogP contribution is -2.25. The van der Waals surface area contributed by atoms with E-state index in [2.05, 4.69) is 6.92 Å². The third kappa shape index (κ3) is 3.29. The highest BCUT2D eigenvalue weighted by Gasteiger charge is 2.27. The summed E-state index contributed by atoms with van der Waals surface area (Å²) in [4.78, 5) is 0. The van der Waals surface area contributed by atoms with Gasteiger partial charge in [-0.05, 0) is 36.3 Å². The van der Waals surface area contributed by atoms with Crippen LogP contribution < -0.4 is 15.2 Å². The van der Waals surface area contributed by atoms with Gasteiger partial charge in [0, 0.05) is 23.6 Å². The first-order chi connectivity index (χ1) is 10.1. The molecule has 3 rings (SSSR count). The first-order valence-corrected chi connectivity index (χ1v) is 8.37. The quantitative estimate of drug-likeness (QED) is 0.884. The molecule has 1 aliphatic heterocycles. The van der Waals surface area contributed by atoms with Crippen LogP contribution in [0.1, 0.15) is 50.6 Å². The van der Waals surface area contributed by atoms with Crippen LogP contribution in [0.4, 0.5) is 0 Å². The molecule has 0 amide bonds. The number of ether oxygens (including phenoxy) is 2. The van der Waals surface area contributed by atoms with Gasteiger partial charge in [-0.25, -0.2) is 0 Å². The summed E-state index contributed by atoms with van der Waals surface area (Å²) in [5.41, 5.74) is 7.51. The third-order valence-corrected chi connectivity index (χ3v) is 5.12. The number of benzene rings is 1. The van der Waals surface area contributed by atoms with Crippen LogP contribution >= 0.6 is 11.6 Å². The molecule has 0 aromatic heterocycles. The summed E-state index contributed by atoms with van der Waals surface area (Å²) in [6.45, 7) is 3.68. The SMILES string of the molecule is CC1CCC(C(N)c2cc3c(cc2Cl)OCCCO3)CC1. The average molecular weight is 310 g/mol. The normalized spacial score (nSPS) is 27.0. The minimum Gasteiger partial charge on any atom is -0.490 e. The predicted molar refractivity (Wildman–Crippen MR) is 85.1 cm³/mol. The van der Waals surface area contributed by atoms with Gasteiger partial charge in [-0.1, -0.05) is 31.4 Å². The van der Waals surface area contributed by atoms with Gasteiger partial charge in [0.15, 0.2) is 11.5 Å². The highest BCUT2D eigenvalue weighted by Crippen LogP contribution is 2.42. The zero-order valence-electron chi connectivity index (χ0n) is 12.6. The Morgan fingerprint density at radius 3 is 2.38 bits per heavy atom. The molecule has 1 unspecified atom stereocenters. The minimum absolute atomic E-state index is 0.0119. The fourth-order valence-corrected chi connectivity index (χ4v) is 3.63. The van der Waals surface area contributed by atoms with Crippen molar-refractivity contribution in [3.8, 4) is 11.5 Å². The van der Waals surface area contributed by atoms with Crippen molar-refractivity contribution in [3.63, 3.8) is 0 Å². The van der Waals surface area contributed by atoms with Crippen LogP contribution in [0.5, 0.6) is 11.5 Å². The molecule has 0 spiro atoms. The van der Waals surface area contributed by atoms with Crippen LogP contribution in [0, 0.1) is 11.8 Å². The molecule has 1 fully saturated rings. The van der Waals surface area contributed by atoms with Gasteiger partial charge >= 0.3 is 0 Å². The summed E-state index contributed by atoms with van der Waals surface area (Å²) in [6.07, 6.45) is 5.80. The molecule has 2 N–H and O–H groups in total. The highest BCUT2D eigenvalue weighted by molar-refractivity contribution is 6.31. The fourth-order valence-electron chi connectivity index (χ4n) is 3.35. The number of nitrogens with two attached hydrogens (primary N) is 1. The molecule has 3 nitrogen and oxygen atoms in total. The lowest BCUT2D eigenvalue weighted by Gasteiger charge is -2.31. The third-order valence-electron chi connectivity index (χ3n) is 4.79. The van der Waals surface area contributed by atoms with E-state index in [-0.39, 0.29) is 6.04 Å². The Morgan fingerprint density at radius 1 is 1.10 bits per heavy atom. The van der Waals surface area contributed by atoms with Gasteiger partial charge in [-0.3, -0.25) is 0 Å². The smallest absolute Gasteiger partial charge is 0.162 e. The molecule has 1 atom stereocenters. The molecule has 2 aliphatic rings. The molecule has 1 aromatic rings. The topological polar surface area (TPSA) is 44.5 Å². The van der Waals surface area contributed by atoms with Crippen molar-refractivity contribution in [2.45, 2.75) is 45.1 Å². The van der Waals surface area contributed by atoms with Crippen molar-refractivity contribution in [3.05, 3.63) is 22.7 Å². The van der Waals surface area contributed by atoms with Crippen molar-refractivity contribution in [2.24, 2.45) is 17.6 Å². The van der Waals surface area contributed by atoms with Gasteiger partial charge in [-0.15, -0.1) is 0 Å². The van der Waals surface area contributed by atoms with Crippen LogP contribution in [-0.4, -0.2) is 13.2 Å². The van der Waals surface area contributed by atoms with Gasteiger partial charge in [0.2, 0.25) is 0 Å². The van der Waals surface area contributed by atoms with E-state index in [9.17, 15) is 0 Å². The fraction of sp³-hybridized carbons (Fsp3) is 0.647. The van der Waals surface area contributed by atoms with Crippen LogP contribution in [0.25, 0.3) is 0 Å². The number of rotatable bonds is 2. The van der Waals surface area contributed by atoms with E-state index in [1.165, 1.54) is 25.7 Å². The predicted octanol–water partition coefficient (Wildman–Crippen LogP) is 4.33. The number of hydrogen-bond acceptors (Lipinski definition) is 3. The Balaban J connectivity index is 1.82. The second kappa shape index (κ2) is 6.45. The maximum Gasteiger partial charge on any atom is 0.162 e. The Hall–Kier alpha value is -0.930. The molecule has 1 aromatic carbocycles. The van der Waals surface area contributed by atoms with E-state index in [4.69, 9.17) is 26.8 Å². The van der Waals surface area contributed by atoms with Crippen LogP contribution in [-0.2, 0) is 0 Å². The second-order valence-electron chi connectivity index (χ2n) is 6.42. The van der Waals surface area contributed by atoms with Gasteiger partial charge in [0.05, 0.1) is 13.2 Å². The van der Waals surface area contributed by atoms with Gasteiger partial charge < -0.3 is 15.2 Å². The van der Waals surface area contributed by atoms with E-state index in [1.54, 1.807) is 0 Å². The summed E-state index contributed by atoms with van der Waals surface area (Å²) in [5.74, 6) is 2.87. The van der Waals surface area contributed by atoms with Gasteiger partial charge in [-0.2, -0.15) is 0 Å². The van der Waals surface area contributed by atoms with Gasteiger partial charge in [0.1, 0.15) is 0 Å². The van der Waals surface area contributed by atoms with E-state index in [1.807, 2.05) is 12.1 Å². The molecule has 0 saturated heterocycles. The van der Waals surface area contributed by atoms with E-state index >= 15 is 0 Å². The van der Waals surface area contributed by atoms with Crippen molar-refractivity contribution < 1.29 is 9.47 Å². The molecule has 4 heteroatoms. The summed E-state index contributed by atoms with van der Waals surface area (Å²) < 4.78 is 11.4. The summed E-state index contributed by atoms with van der Waals surface area (Å²) in [5, 5.41) is 0.699. The molecular weight excluding hydrogens is 286 g/mol. The standard InChI is InChI=1S/C17H24ClNO2/c1-11-3-5-12(6-4-11)17(19)13-9-15-16(10-14(13)18)21-8-2-7-20-15/h9-12,17H,2-8,19H2,1H3. The van der Waals surface area contributed by atoms with E-state index in [0.717, 1.165) is 29.4 Å². The maximum atomic E-state index is 6.51. The maximum absolute atomic E-state index is 6.51. The van der Waals surface area contributed by atoms with Crippen molar-refractivity contribution in [1.82, 2.24) is 0 Å². The van der Waals surface area contributed by atoms with E-state index < -0.39 is 0 Å². The summed E-state index contributed by atoms with van der Waals surface area (Å²) in [6, 6.07) is 3.84. The van der Waals surface area contributed by atoms with Crippen LogP contribution in [0.15, 0.2) is 12.1 Å². The zero-order valence-corrected chi connectivity index (χ0v) is 13.4. The molecule has 1 saturated carbocycles. The molecule has 1 aliphatic carbocycles. The molecular formula is C17H24ClNO2. The monoisotopic (exact) mass is 309 g/mol. The Morgan fingerprint density at radius 2 is 1.71 bits per heavy atom. The van der Waals surface area contributed by atoms with Crippen LogP contribution in [0.3, 0.4) is 0 Å². The summed E-state index contributed by atoms with van der Waals surface area (Å²) in [7, 11) is 0. The molecule has 0 bridgehead atoms. The van der Waals surface area contributed by atoms with Crippen molar-refractivity contribution in [1.29, 1.82) is 0 Å². The first-order valence-electron chi connectivity index (χ1n) is 7.99.